The molecule has 26 heavy (non-hydrogen) atoms. The van der Waals surface area contributed by atoms with E-state index < -0.39 is 28.5 Å². The van der Waals surface area contributed by atoms with Gasteiger partial charge in [-0.25, -0.2) is 14.2 Å². The first-order chi connectivity index (χ1) is 12.4. The van der Waals surface area contributed by atoms with E-state index in [1.54, 1.807) is 0 Å². The second kappa shape index (κ2) is 7.17. The number of nitrogens with zero attached hydrogens (tertiary/aromatic N) is 2. The highest BCUT2D eigenvalue weighted by Crippen LogP contribution is 2.47. The first-order valence-corrected chi connectivity index (χ1v) is 8.73. The Labute approximate surface area is 151 Å². The number of ether oxygens (including phenoxy) is 1. The molecule has 1 aromatic rings. The second-order valence-corrected chi connectivity index (χ2v) is 7.06. The number of aliphatic imine (C=N–C) groups is 1. The number of hydrogen-bond acceptors (Lipinski definition) is 7. The van der Waals surface area contributed by atoms with Crippen molar-refractivity contribution in [2.75, 3.05) is 19.0 Å². The van der Waals surface area contributed by atoms with Crippen LogP contribution in [0.5, 0.6) is 0 Å². The molecular formula is C15H16FN3O6S. The van der Waals surface area contributed by atoms with Crippen molar-refractivity contribution in [2.24, 2.45) is 10.9 Å². The van der Waals surface area contributed by atoms with E-state index >= 15 is 0 Å². The van der Waals surface area contributed by atoms with E-state index in [1.165, 1.54) is 0 Å². The largest absolute Gasteiger partial charge is 0.465 e. The van der Waals surface area contributed by atoms with Gasteiger partial charge in [0.2, 0.25) is 0 Å². The molecule has 9 nitrogen and oxygen atoms in total. The van der Waals surface area contributed by atoms with Crippen LogP contribution in [-0.4, -0.2) is 51.5 Å². The van der Waals surface area contributed by atoms with Gasteiger partial charge in [0.05, 0.1) is 24.2 Å². The number of rotatable bonds is 3. The highest BCUT2D eigenvalue weighted by atomic mass is 32.2. The molecule has 3 rings (SSSR count). The van der Waals surface area contributed by atoms with Crippen LogP contribution in [-0.2, 0) is 10.3 Å². The number of aliphatic hydroxyl groups is 1. The van der Waals surface area contributed by atoms with Crippen molar-refractivity contribution in [1.82, 2.24) is 5.32 Å². The molecule has 0 unspecified atom stereocenters. The van der Waals surface area contributed by atoms with Crippen LogP contribution >= 0.6 is 11.8 Å². The number of nitro groups is 1. The van der Waals surface area contributed by atoms with Gasteiger partial charge in [0.1, 0.15) is 11.4 Å². The van der Waals surface area contributed by atoms with Gasteiger partial charge in [0, 0.05) is 29.4 Å². The Hall–Kier alpha value is -2.24. The summed E-state index contributed by atoms with van der Waals surface area (Å²) >= 11 is 1.16. The number of benzene rings is 1. The lowest BCUT2D eigenvalue weighted by atomic mass is 9.75. The van der Waals surface area contributed by atoms with Gasteiger partial charge in [-0.15, -0.1) is 0 Å². The van der Waals surface area contributed by atoms with Crippen LogP contribution in [0.4, 0.5) is 14.9 Å². The SMILES string of the molecule is O=C(O)NC1=N[C@@]2(c3cc([N+](=O)[O-])ccc3F)CO[C@@H](CO)C[C@H]2CS1. The average molecular weight is 385 g/mol. The molecule has 0 aliphatic carbocycles. The molecule has 11 heteroatoms. The van der Waals surface area contributed by atoms with E-state index in [-0.39, 0.29) is 35.6 Å². The number of nitro benzene ring substituents is 1. The molecule has 2 aliphatic heterocycles. The number of amidine groups is 1. The van der Waals surface area contributed by atoms with Crippen LogP contribution in [0.1, 0.15) is 12.0 Å². The highest BCUT2D eigenvalue weighted by molar-refractivity contribution is 8.13. The first-order valence-electron chi connectivity index (χ1n) is 7.75. The summed E-state index contributed by atoms with van der Waals surface area (Å²) in [7, 11) is 0. The maximum absolute atomic E-state index is 14.6. The standard InChI is InChI=1S/C15H16FN3O6S/c16-12-2-1-9(19(23)24)4-11(12)15-7-25-10(5-20)3-8(15)6-26-13(18-15)17-14(21)22/h1-2,4,8,10,20H,3,5-7H2,(H,17,18)(H,21,22)/t8-,10+,15-/m0/s1. The zero-order valence-corrected chi connectivity index (χ0v) is 14.2. The van der Waals surface area contributed by atoms with Crippen LogP contribution < -0.4 is 5.32 Å². The lowest BCUT2D eigenvalue weighted by Gasteiger charge is -2.46. The molecule has 3 N–H and O–H groups in total. The minimum Gasteiger partial charge on any atom is -0.465 e. The second-order valence-electron chi connectivity index (χ2n) is 6.05. The van der Waals surface area contributed by atoms with Crippen molar-refractivity contribution in [3.8, 4) is 0 Å². The lowest BCUT2D eigenvalue weighted by Crippen LogP contribution is -2.51. The van der Waals surface area contributed by atoms with Gasteiger partial charge in [-0.1, -0.05) is 11.8 Å². The summed E-state index contributed by atoms with van der Waals surface area (Å²) in [5.41, 5.74) is -1.61. The number of amides is 1. The Balaban J connectivity index is 2.11. The smallest absolute Gasteiger partial charge is 0.410 e. The first kappa shape index (κ1) is 18.5. The molecule has 140 valence electrons. The summed E-state index contributed by atoms with van der Waals surface area (Å²) in [5.74, 6) is -0.563. The normalized spacial score (nSPS) is 28.0. The Kier molecular flexibility index (Phi) is 5.12. The number of thioether (sulfide) groups is 1. The van der Waals surface area contributed by atoms with E-state index in [4.69, 9.17) is 9.84 Å². The Morgan fingerprint density at radius 3 is 3.00 bits per heavy atom. The van der Waals surface area contributed by atoms with Crippen LogP contribution in [0.2, 0.25) is 0 Å². The van der Waals surface area contributed by atoms with Gasteiger partial charge in [0.15, 0.2) is 5.17 Å². The fourth-order valence-electron chi connectivity index (χ4n) is 3.26. The monoisotopic (exact) mass is 385 g/mol. The molecule has 0 saturated carbocycles. The third-order valence-corrected chi connectivity index (χ3v) is 5.56. The van der Waals surface area contributed by atoms with E-state index in [9.17, 15) is 24.4 Å². The molecule has 1 amide bonds. The summed E-state index contributed by atoms with van der Waals surface area (Å²) in [6.45, 7) is -0.328. The summed E-state index contributed by atoms with van der Waals surface area (Å²) in [6, 6.07) is 3.17. The van der Waals surface area contributed by atoms with Crippen molar-refractivity contribution >= 4 is 28.7 Å². The number of halogens is 1. The van der Waals surface area contributed by atoms with Crippen molar-refractivity contribution in [2.45, 2.75) is 18.1 Å². The zero-order chi connectivity index (χ0) is 18.9. The molecule has 0 bridgehead atoms. The highest BCUT2D eigenvalue weighted by Gasteiger charge is 2.50. The maximum Gasteiger partial charge on any atom is 0.410 e. The Morgan fingerprint density at radius 1 is 1.58 bits per heavy atom. The predicted octanol–water partition coefficient (Wildman–Crippen LogP) is 1.70. The molecule has 1 saturated heterocycles. The van der Waals surface area contributed by atoms with Crippen LogP contribution in [0.25, 0.3) is 0 Å². The Morgan fingerprint density at radius 2 is 2.35 bits per heavy atom. The third kappa shape index (κ3) is 3.37. The predicted molar refractivity (Wildman–Crippen MR) is 90.7 cm³/mol. The van der Waals surface area contributed by atoms with Crippen molar-refractivity contribution in [3.05, 3.63) is 39.7 Å². The zero-order valence-electron chi connectivity index (χ0n) is 13.4. The molecule has 1 fully saturated rings. The van der Waals surface area contributed by atoms with Crippen molar-refractivity contribution in [3.63, 3.8) is 0 Å². The van der Waals surface area contributed by atoms with Gasteiger partial charge >= 0.3 is 6.09 Å². The quantitative estimate of drug-likeness (QED) is 0.532. The number of carboxylic acid groups (broad SMARTS) is 1. The molecule has 1 aromatic carbocycles. The van der Waals surface area contributed by atoms with Crippen molar-refractivity contribution in [1.29, 1.82) is 0 Å². The molecule has 2 heterocycles. The molecule has 0 spiro atoms. The minimum atomic E-state index is -1.31. The van der Waals surface area contributed by atoms with Gasteiger partial charge in [-0.2, -0.15) is 0 Å². The lowest BCUT2D eigenvalue weighted by molar-refractivity contribution is -0.385. The summed E-state index contributed by atoms with van der Waals surface area (Å²) < 4.78 is 20.2. The maximum atomic E-state index is 14.6. The minimum absolute atomic E-state index is 0.0157. The fraction of sp³-hybridized carbons (Fsp3) is 0.467. The number of nitrogens with one attached hydrogen (secondary N) is 1. The van der Waals surface area contributed by atoms with E-state index in [1.807, 2.05) is 0 Å². The van der Waals surface area contributed by atoms with Crippen LogP contribution in [0.15, 0.2) is 23.2 Å². The van der Waals surface area contributed by atoms with Crippen LogP contribution in [0.3, 0.4) is 0 Å². The number of carbonyl (C=O) groups is 1. The van der Waals surface area contributed by atoms with Crippen LogP contribution in [0, 0.1) is 21.8 Å². The van der Waals surface area contributed by atoms with Crippen molar-refractivity contribution < 1.29 is 29.1 Å². The number of non-ortho nitro benzene ring substituents is 1. The van der Waals surface area contributed by atoms with E-state index in [2.05, 4.69) is 10.3 Å². The summed E-state index contributed by atoms with van der Waals surface area (Å²) in [5, 5.41) is 31.6. The van der Waals surface area contributed by atoms with Gasteiger partial charge in [-0.05, 0) is 12.5 Å². The summed E-state index contributed by atoms with van der Waals surface area (Å²) in [4.78, 5) is 25.8. The van der Waals surface area contributed by atoms with E-state index in [0.717, 1.165) is 30.0 Å². The third-order valence-electron chi connectivity index (χ3n) is 4.53. The van der Waals surface area contributed by atoms with Gasteiger partial charge < -0.3 is 14.9 Å². The van der Waals surface area contributed by atoms with Gasteiger partial charge in [-0.3, -0.25) is 15.4 Å². The molecule has 0 radical (unpaired) electrons. The number of hydrogen-bond donors (Lipinski definition) is 3. The molecular weight excluding hydrogens is 369 g/mol. The fourth-order valence-corrected chi connectivity index (χ4v) is 4.42. The number of aliphatic hydroxyl groups excluding tert-OH is 1. The molecule has 3 atom stereocenters. The Bertz CT molecular complexity index is 776. The average Bonchev–Trinajstić information content (AvgIpc) is 2.60. The molecule has 0 aromatic heterocycles. The summed E-state index contributed by atoms with van der Waals surface area (Å²) in [6.07, 6.45) is -1.39. The van der Waals surface area contributed by atoms with Gasteiger partial charge in [0.25, 0.3) is 5.69 Å². The van der Waals surface area contributed by atoms with E-state index in [0.29, 0.717) is 12.2 Å². The number of fused-ring (bicyclic) bond motifs is 1. The molecule has 2 aliphatic rings. The topological polar surface area (TPSA) is 134 Å².